The maximum atomic E-state index is 11.8. The molecule has 1 unspecified atom stereocenters. The summed E-state index contributed by atoms with van der Waals surface area (Å²) in [5.41, 5.74) is 0.681. The van der Waals surface area contributed by atoms with Crippen LogP contribution in [0.25, 0.3) is 0 Å². The highest BCUT2D eigenvalue weighted by atomic mass is 127. The van der Waals surface area contributed by atoms with Crippen LogP contribution in [0.3, 0.4) is 0 Å². The molecule has 86 valence electrons. The van der Waals surface area contributed by atoms with Gasteiger partial charge in [0.25, 0.3) is 0 Å². The SMILES string of the molecule is O=C(Nc1ccc(I)cc1Cl)C1CCCN1. The van der Waals surface area contributed by atoms with Gasteiger partial charge in [0.1, 0.15) is 0 Å². The molecule has 1 fully saturated rings. The van der Waals surface area contributed by atoms with Crippen LogP contribution in [0.4, 0.5) is 5.69 Å². The van der Waals surface area contributed by atoms with E-state index >= 15 is 0 Å². The van der Waals surface area contributed by atoms with Gasteiger partial charge in [0, 0.05) is 3.57 Å². The average Bonchev–Trinajstić information content (AvgIpc) is 2.75. The Morgan fingerprint density at radius 1 is 1.56 bits per heavy atom. The Hall–Kier alpha value is -0.330. The summed E-state index contributed by atoms with van der Waals surface area (Å²) in [5.74, 6) is 0.000563. The third kappa shape index (κ3) is 2.87. The first-order chi connectivity index (χ1) is 7.66. The molecule has 1 atom stereocenters. The number of carbonyl (C=O) groups excluding carboxylic acids is 1. The summed E-state index contributed by atoms with van der Waals surface area (Å²) in [6.07, 6.45) is 1.95. The van der Waals surface area contributed by atoms with E-state index in [1.54, 1.807) is 0 Å². The molecule has 1 amide bonds. The fourth-order valence-corrected chi connectivity index (χ4v) is 2.62. The molecule has 1 aromatic carbocycles. The summed E-state index contributed by atoms with van der Waals surface area (Å²) in [5, 5.41) is 6.58. The summed E-state index contributed by atoms with van der Waals surface area (Å²) >= 11 is 8.22. The van der Waals surface area contributed by atoms with Crippen molar-refractivity contribution < 1.29 is 4.79 Å². The van der Waals surface area contributed by atoms with Crippen LogP contribution in [-0.4, -0.2) is 18.5 Å². The molecule has 16 heavy (non-hydrogen) atoms. The second-order valence-corrected chi connectivity index (χ2v) is 5.42. The van der Waals surface area contributed by atoms with Crippen molar-refractivity contribution in [2.24, 2.45) is 0 Å². The van der Waals surface area contributed by atoms with E-state index in [1.807, 2.05) is 18.2 Å². The second kappa shape index (κ2) is 5.33. The molecule has 0 aliphatic carbocycles. The number of hydrogen-bond donors (Lipinski definition) is 2. The molecule has 2 rings (SSSR count). The highest BCUT2D eigenvalue weighted by Gasteiger charge is 2.22. The van der Waals surface area contributed by atoms with Crippen molar-refractivity contribution in [2.75, 3.05) is 11.9 Å². The van der Waals surface area contributed by atoms with Crippen LogP contribution < -0.4 is 10.6 Å². The minimum atomic E-state index is -0.0738. The van der Waals surface area contributed by atoms with Crippen molar-refractivity contribution in [1.82, 2.24) is 5.32 Å². The summed E-state index contributed by atoms with van der Waals surface area (Å²) in [6, 6.07) is 5.51. The summed E-state index contributed by atoms with van der Waals surface area (Å²) < 4.78 is 1.06. The van der Waals surface area contributed by atoms with Gasteiger partial charge in [0.05, 0.1) is 16.8 Å². The fourth-order valence-electron chi connectivity index (χ4n) is 1.72. The lowest BCUT2D eigenvalue weighted by atomic mass is 10.2. The molecule has 0 saturated carbocycles. The van der Waals surface area contributed by atoms with Crippen LogP contribution >= 0.6 is 34.2 Å². The van der Waals surface area contributed by atoms with Crippen molar-refractivity contribution in [2.45, 2.75) is 18.9 Å². The van der Waals surface area contributed by atoms with Gasteiger partial charge in [-0.1, -0.05) is 11.6 Å². The van der Waals surface area contributed by atoms with Gasteiger partial charge in [-0.05, 0) is 60.2 Å². The molecular weight excluding hydrogens is 338 g/mol. The number of anilines is 1. The van der Waals surface area contributed by atoms with E-state index < -0.39 is 0 Å². The van der Waals surface area contributed by atoms with Crippen LogP contribution in [0.15, 0.2) is 18.2 Å². The Morgan fingerprint density at radius 2 is 2.38 bits per heavy atom. The first-order valence-corrected chi connectivity index (χ1v) is 6.62. The smallest absolute Gasteiger partial charge is 0.241 e. The zero-order valence-corrected chi connectivity index (χ0v) is 11.5. The number of amides is 1. The van der Waals surface area contributed by atoms with Crippen LogP contribution in [0.1, 0.15) is 12.8 Å². The van der Waals surface area contributed by atoms with Gasteiger partial charge in [-0.2, -0.15) is 0 Å². The number of halogens is 2. The molecule has 0 spiro atoms. The van der Waals surface area contributed by atoms with Gasteiger partial charge in [-0.25, -0.2) is 0 Å². The van der Waals surface area contributed by atoms with E-state index in [-0.39, 0.29) is 11.9 Å². The molecule has 1 aromatic rings. The lowest BCUT2D eigenvalue weighted by Gasteiger charge is -2.12. The van der Waals surface area contributed by atoms with Crippen molar-refractivity contribution in [3.63, 3.8) is 0 Å². The normalized spacial score (nSPS) is 19.8. The lowest BCUT2D eigenvalue weighted by Crippen LogP contribution is -2.35. The van der Waals surface area contributed by atoms with E-state index in [0.29, 0.717) is 10.7 Å². The van der Waals surface area contributed by atoms with Crippen molar-refractivity contribution in [3.8, 4) is 0 Å². The Bertz CT molecular complexity index is 405. The van der Waals surface area contributed by atoms with Crippen molar-refractivity contribution in [1.29, 1.82) is 0 Å². The Labute approximate surface area is 113 Å². The highest BCUT2D eigenvalue weighted by Crippen LogP contribution is 2.24. The molecule has 1 aliphatic rings. The molecule has 1 heterocycles. The van der Waals surface area contributed by atoms with E-state index in [9.17, 15) is 4.79 Å². The van der Waals surface area contributed by atoms with E-state index in [2.05, 4.69) is 33.2 Å². The van der Waals surface area contributed by atoms with Gasteiger partial charge < -0.3 is 10.6 Å². The maximum absolute atomic E-state index is 11.8. The van der Waals surface area contributed by atoms with Crippen LogP contribution in [0, 0.1) is 3.57 Å². The Kier molecular flexibility index (Phi) is 4.05. The number of benzene rings is 1. The molecule has 0 bridgehead atoms. The Balaban J connectivity index is 2.05. The third-order valence-corrected chi connectivity index (χ3v) is 3.55. The monoisotopic (exact) mass is 350 g/mol. The zero-order chi connectivity index (χ0) is 11.5. The number of nitrogens with one attached hydrogen (secondary N) is 2. The quantitative estimate of drug-likeness (QED) is 0.805. The number of rotatable bonds is 2. The van der Waals surface area contributed by atoms with Crippen LogP contribution in [0.5, 0.6) is 0 Å². The zero-order valence-electron chi connectivity index (χ0n) is 8.59. The maximum Gasteiger partial charge on any atom is 0.241 e. The predicted octanol–water partition coefficient (Wildman–Crippen LogP) is 2.64. The molecule has 1 aliphatic heterocycles. The predicted molar refractivity (Wildman–Crippen MR) is 73.8 cm³/mol. The number of hydrogen-bond acceptors (Lipinski definition) is 2. The highest BCUT2D eigenvalue weighted by molar-refractivity contribution is 14.1. The number of carbonyl (C=O) groups is 1. The Morgan fingerprint density at radius 3 is 3.00 bits per heavy atom. The van der Waals surface area contributed by atoms with Crippen molar-refractivity contribution in [3.05, 3.63) is 26.8 Å². The first kappa shape index (κ1) is 12.1. The van der Waals surface area contributed by atoms with E-state index in [4.69, 9.17) is 11.6 Å². The van der Waals surface area contributed by atoms with Gasteiger partial charge in [-0.3, -0.25) is 4.79 Å². The van der Waals surface area contributed by atoms with Gasteiger partial charge >= 0.3 is 0 Å². The van der Waals surface area contributed by atoms with Gasteiger partial charge in [0.15, 0.2) is 0 Å². The van der Waals surface area contributed by atoms with Crippen molar-refractivity contribution >= 4 is 45.8 Å². The lowest BCUT2D eigenvalue weighted by molar-refractivity contribution is -0.117. The second-order valence-electron chi connectivity index (χ2n) is 3.76. The molecule has 2 N–H and O–H groups in total. The minimum absolute atomic E-state index is 0.000563. The molecule has 0 radical (unpaired) electrons. The minimum Gasteiger partial charge on any atom is -0.323 e. The first-order valence-electron chi connectivity index (χ1n) is 5.16. The van der Waals surface area contributed by atoms with Gasteiger partial charge in [0.2, 0.25) is 5.91 Å². The van der Waals surface area contributed by atoms with E-state index in [0.717, 1.165) is 23.0 Å². The molecular formula is C11H12ClIN2O. The molecule has 3 nitrogen and oxygen atoms in total. The molecule has 1 saturated heterocycles. The fraction of sp³-hybridized carbons (Fsp3) is 0.364. The molecule has 0 aromatic heterocycles. The standard InChI is InChI=1S/C11H12ClIN2O/c12-8-6-7(13)3-4-9(8)15-11(16)10-2-1-5-14-10/h3-4,6,10,14H,1-2,5H2,(H,15,16). The average molecular weight is 351 g/mol. The van der Waals surface area contributed by atoms with Crippen LogP contribution in [0.2, 0.25) is 5.02 Å². The topological polar surface area (TPSA) is 41.1 Å². The third-order valence-electron chi connectivity index (χ3n) is 2.57. The van der Waals surface area contributed by atoms with Crippen LogP contribution in [-0.2, 0) is 4.79 Å². The molecule has 5 heteroatoms. The summed E-state index contributed by atoms with van der Waals surface area (Å²) in [4.78, 5) is 11.8. The van der Waals surface area contributed by atoms with E-state index in [1.165, 1.54) is 0 Å². The largest absolute Gasteiger partial charge is 0.323 e. The van der Waals surface area contributed by atoms with Gasteiger partial charge in [-0.15, -0.1) is 0 Å². The summed E-state index contributed by atoms with van der Waals surface area (Å²) in [6.45, 7) is 0.915. The summed E-state index contributed by atoms with van der Waals surface area (Å²) in [7, 11) is 0.